The minimum atomic E-state index is -0.671. The van der Waals surface area contributed by atoms with Crippen LogP contribution in [0, 0.1) is 11.3 Å². The van der Waals surface area contributed by atoms with Crippen molar-refractivity contribution in [3.05, 3.63) is 52.5 Å². The molecule has 0 saturated heterocycles. The minimum absolute atomic E-state index is 0.223. The predicted molar refractivity (Wildman–Crippen MR) is 91.1 cm³/mol. The zero-order valence-electron chi connectivity index (χ0n) is 13.3. The lowest BCUT2D eigenvalue weighted by molar-refractivity contribution is -0.133. The van der Waals surface area contributed by atoms with E-state index in [0.717, 1.165) is 5.56 Å². The summed E-state index contributed by atoms with van der Waals surface area (Å²) in [4.78, 5) is 30.9. The number of aromatic nitrogens is 1. The molecule has 0 aliphatic carbocycles. The highest BCUT2D eigenvalue weighted by Crippen LogP contribution is 2.10. The number of hydrogen-bond donors (Lipinski definition) is 1. The molecule has 1 atom stereocenters. The molecule has 0 aromatic carbocycles. The van der Waals surface area contributed by atoms with Gasteiger partial charge in [-0.2, -0.15) is 5.26 Å². The maximum absolute atomic E-state index is 12.6. The first-order valence-electron chi connectivity index (χ1n) is 7.51. The normalized spacial score (nSPS) is 11.3. The fraction of sp³-hybridized carbons (Fsp3) is 0.294. The van der Waals surface area contributed by atoms with Gasteiger partial charge in [-0.05, 0) is 30.0 Å². The Balaban J connectivity index is 2.03. The van der Waals surface area contributed by atoms with Crippen LogP contribution in [-0.4, -0.2) is 34.3 Å². The minimum Gasteiger partial charge on any atom is -0.340 e. The third-order valence-electron chi connectivity index (χ3n) is 3.36. The number of amides is 2. The van der Waals surface area contributed by atoms with Crippen LogP contribution in [0.25, 0.3) is 0 Å². The zero-order valence-corrected chi connectivity index (χ0v) is 14.1. The maximum Gasteiger partial charge on any atom is 0.261 e. The van der Waals surface area contributed by atoms with Gasteiger partial charge in [0, 0.05) is 25.5 Å². The largest absolute Gasteiger partial charge is 0.340 e. The molecule has 24 heavy (non-hydrogen) atoms. The standard InChI is InChI=1S/C17H18N4O2S/c1-13(20-16(22)15-6-3-10-24-15)17(23)21(9-4-7-18)12-14-5-2-8-19-11-14/h2-3,5-6,8,10-11,13H,4,9,12H2,1H3,(H,20,22). The summed E-state index contributed by atoms with van der Waals surface area (Å²) in [6.45, 7) is 2.31. The van der Waals surface area contributed by atoms with Crippen molar-refractivity contribution in [2.75, 3.05) is 6.54 Å². The number of nitriles is 1. The van der Waals surface area contributed by atoms with E-state index in [1.165, 1.54) is 11.3 Å². The van der Waals surface area contributed by atoms with Crippen LogP contribution < -0.4 is 5.32 Å². The molecule has 7 heteroatoms. The van der Waals surface area contributed by atoms with Gasteiger partial charge in [0.25, 0.3) is 5.91 Å². The zero-order chi connectivity index (χ0) is 17.4. The summed E-state index contributed by atoms with van der Waals surface area (Å²) in [5.74, 6) is -0.494. The molecule has 1 N–H and O–H groups in total. The van der Waals surface area contributed by atoms with E-state index in [4.69, 9.17) is 5.26 Å². The number of rotatable bonds is 7. The molecule has 2 heterocycles. The summed E-state index contributed by atoms with van der Waals surface area (Å²) >= 11 is 1.32. The first-order chi connectivity index (χ1) is 11.6. The molecule has 2 aromatic heterocycles. The lowest BCUT2D eigenvalue weighted by Crippen LogP contribution is -2.46. The fourth-order valence-electron chi connectivity index (χ4n) is 2.18. The third-order valence-corrected chi connectivity index (χ3v) is 4.23. The van der Waals surface area contributed by atoms with Crippen LogP contribution >= 0.6 is 11.3 Å². The van der Waals surface area contributed by atoms with Crippen LogP contribution in [0.1, 0.15) is 28.6 Å². The van der Waals surface area contributed by atoms with Gasteiger partial charge in [-0.25, -0.2) is 0 Å². The van der Waals surface area contributed by atoms with E-state index >= 15 is 0 Å². The van der Waals surface area contributed by atoms with Crippen molar-refractivity contribution in [2.45, 2.75) is 25.9 Å². The van der Waals surface area contributed by atoms with Crippen molar-refractivity contribution in [1.29, 1.82) is 5.26 Å². The molecule has 2 rings (SSSR count). The van der Waals surface area contributed by atoms with Gasteiger partial charge in [-0.3, -0.25) is 14.6 Å². The average Bonchev–Trinajstić information content (AvgIpc) is 3.13. The van der Waals surface area contributed by atoms with Crippen LogP contribution in [0.4, 0.5) is 0 Å². The van der Waals surface area contributed by atoms with E-state index in [2.05, 4.69) is 10.3 Å². The van der Waals surface area contributed by atoms with Gasteiger partial charge in [-0.1, -0.05) is 12.1 Å². The van der Waals surface area contributed by atoms with Crippen molar-refractivity contribution in [2.24, 2.45) is 0 Å². The lowest BCUT2D eigenvalue weighted by atomic mass is 10.2. The van der Waals surface area contributed by atoms with Gasteiger partial charge in [0.1, 0.15) is 6.04 Å². The van der Waals surface area contributed by atoms with Crippen molar-refractivity contribution >= 4 is 23.2 Å². The second-order valence-electron chi connectivity index (χ2n) is 5.20. The molecule has 0 radical (unpaired) electrons. The van der Waals surface area contributed by atoms with Gasteiger partial charge in [0.15, 0.2) is 0 Å². The Morgan fingerprint density at radius 1 is 1.42 bits per heavy atom. The summed E-state index contributed by atoms with van der Waals surface area (Å²) in [6.07, 6.45) is 3.58. The molecule has 0 saturated carbocycles. The molecule has 0 spiro atoms. The number of nitrogens with one attached hydrogen (secondary N) is 1. The first kappa shape index (κ1) is 17.6. The Labute approximate surface area is 144 Å². The molecular weight excluding hydrogens is 324 g/mol. The average molecular weight is 342 g/mol. The van der Waals surface area contributed by atoms with Gasteiger partial charge in [0.05, 0.1) is 17.4 Å². The fourth-order valence-corrected chi connectivity index (χ4v) is 2.80. The van der Waals surface area contributed by atoms with Crippen LogP contribution in [-0.2, 0) is 11.3 Å². The van der Waals surface area contributed by atoms with Crippen molar-refractivity contribution in [3.8, 4) is 6.07 Å². The molecule has 124 valence electrons. The lowest BCUT2D eigenvalue weighted by Gasteiger charge is -2.25. The Bertz CT molecular complexity index is 710. The van der Waals surface area contributed by atoms with Crippen LogP contribution in [0.5, 0.6) is 0 Å². The second kappa shape index (κ2) is 8.79. The van der Waals surface area contributed by atoms with Gasteiger partial charge >= 0.3 is 0 Å². The molecule has 2 aromatic rings. The number of carbonyl (C=O) groups is 2. The molecule has 0 fully saturated rings. The van der Waals surface area contributed by atoms with Crippen molar-refractivity contribution in [1.82, 2.24) is 15.2 Å². The highest BCUT2D eigenvalue weighted by atomic mass is 32.1. The molecule has 0 aliphatic rings. The molecule has 2 amide bonds. The summed E-state index contributed by atoms with van der Waals surface area (Å²) in [7, 11) is 0. The summed E-state index contributed by atoms with van der Waals surface area (Å²) in [5, 5.41) is 13.3. The van der Waals surface area contributed by atoms with Crippen molar-refractivity contribution in [3.63, 3.8) is 0 Å². The van der Waals surface area contributed by atoms with E-state index in [1.54, 1.807) is 42.4 Å². The van der Waals surface area contributed by atoms with E-state index in [-0.39, 0.29) is 18.2 Å². The Hall–Kier alpha value is -2.72. The molecule has 0 bridgehead atoms. The SMILES string of the molecule is CC(NC(=O)c1cccs1)C(=O)N(CCC#N)Cc1cccnc1. The van der Waals surface area contributed by atoms with E-state index in [1.807, 2.05) is 17.5 Å². The molecular formula is C17H18N4O2S. The number of carbonyl (C=O) groups excluding carboxylic acids is 2. The highest BCUT2D eigenvalue weighted by molar-refractivity contribution is 7.12. The summed E-state index contributed by atoms with van der Waals surface area (Å²) < 4.78 is 0. The Morgan fingerprint density at radius 2 is 2.25 bits per heavy atom. The third kappa shape index (κ3) is 4.89. The van der Waals surface area contributed by atoms with Gasteiger partial charge < -0.3 is 10.2 Å². The number of hydrogen-bond acceptors (Lipinski definition) is 5. The van der Waals surface area contributed by atoms with Crippen LogP contribution in [0.2, 0.25) is 0 Å². The summed E-state index contributed by atoms with van der Waals surface area (Å²) in [5.41, 5.74) is 0.876. The highest BCUT2D eigenvalue weighted by Gasteiger charge is 2.23. The topological polar surface area (TPSA) is 86.1 Å². The van der Waals surface area contributed by atoms with Gasteiger partial charge in [-0.15, -0.1) is 11.3 Å². The second-order valence-corrected chi connectivity index (χ2v) is 6.15. The van der Waals surface area contributed by atoms with E-state index < -0.39 is 6.04 Å². The molecule has 0 aliphatic heterocycles. The number of pyridine rings is 1. The van der Waals surface area contributed by atoms with Crippen molar-refractivity contribution < 1.29 is 9.59 Å². The monoisotopic (exact) mass is 342 g/mol. The molecule has 6 nitrogen and oxygen atoms in total. The number of thiophene rings is 1. The smallest absolute Gasteiger partial charge is 0.261 e. The predicted octanol–water partition coefficient (Wildman–Crippen LogP) is 2.20. The Kier molecular flexibility index (Phi) is 6.46. The maximum atomic E-state index is 12.6. The Morgan fingerprint density at radius 3 is 2.88 bits per heavy atom. The first-order valence-corrected chi connectivity index (χ1v) is 8.38. The van der Waals surface area contributed by atoms with Crippen LogP contribution in [0.3, 0.4) is 0 Å². The summed E-state index contributed by atoms with van der Waals surface area (Å²) in [6, 6.07) is 8.53. The van der Waals surface area contributed by atoms with Gasteiger partial charge in [0.2, 0.25) is 5.91 Å². The quantitative estimate of drug-likeness (QED) is 0.836. The molecule has 1 unspecified atom stereocenters. The van der Waals surface area contributed by atoms with Crippen LogP contribution in [0.15, 0.2) is 42.0 Å². The van der Waals surface area contributed by atoms with E-state index in [0.29, 0.717) is 18.0 Å². The number of nitrogens with zero attached hydrogens (tertiary/aromatic N) is 3. The van der Waals surface area contributed by atoms with E-state index in [9.17, 15) is 9.59 Å².